The Morgan fingerprint density at radius 2 is 1.69 bits per heavy atom. The van der Waals surface area contributed by atoms with Crippen LogP contribution in [0, 0.1) is 13.8 Å². The number of hydrogen-bond acceptors (Lipinski definition) is 4. The monoisotopic (exact) mass is 409 g/mol. The van der Waals surface area contributed by atoms with E-state index in [1.165, 1.54) is 11.8 Å². The Kier molecular flexibility index (Phi) is 5.85. The van der Waals surface area contributed by atoms with Gasteiger partial charge in [-0.3, -0.25) is 14.2 Å². The van der Waals surface area contributed by atoms with Crippen molar-refractivity contribution in [2.75, 3.05) is 0 Å². The maximum absolute atomic E-state index is 13.4. The highest BCUT2D eigenvalue weighted by Crippen LogP contribution is 2.28. The van der Waals surface area contributed by atoms with Gasteiger partial charge in [0.25, 0.3) is 5.56 Å². The van der Waals surface area contributed by atoms with Crippen LogP contribution in [0.2, 0.25) is 0 Å². The van der Waals surface area contributed by atoms with Gasteiger partial charge in [-0.15, -0.1) is 0 Å². The largest absolute Gasteiger partial charge is 0.351 e. The third-order valence-corrected chi connectivity index (χ3v) is 5.61. The van der Waals surface area contributed by atoms with Crippen molar-refractivity contribution < 1.29 is 4.79 Å². The quantitative estimate of drug-likeness (QED) is 0.512. The molecule has 1 amide bonds. The Balaban J connectivity index is 2.18. The summed E-state index contributed by atoms with van der Waals surface area (Å²) in [6.45, 7) is 11.6. The second-order valence-electron chi connectivity index (χ2n) is 8.29. The standard InChI is InChI=1S/C23H27N3O2S/c1-14-10-9-11-15(2)19(14)26-21(28)17-12-7-8-13-18(17)24-22(26)29-16(3)20(27)25-23(4,5)6/h7-13,16H,1-6H3,(H,25,27). The van der Waals surface area contributed by atoms with Gasteiger partial charge in [-0.2, -0.15) is 0 Å². The van der Waals surface area contributed by atoms with E-state index < -0.39 is 5.25 Å². The lowest BCUT2D eigenvalue weighted by Gasteiger charge is -2.24. The predicted molar refractivity (Wildman–Crippen MR) is 120 cm³/mol. The molecule has 1 heterocycles. The molecule has 0 saturated carbocycles. The van der Waals surface area contributed by atoms with Crippen molar-refractivity contribution in [2.45, 2.75) is 57.5 Å². The van der Waals surface area contributed by atoms with Gasteiger partial charge in [0.15, 0.2) is 5.16 Å². The molecule has 0 aliphatic heterocycles. The van der Waals surface area contributed by atoms with Crippen LogP contribution < -0.4 is 10.9 Å². The Bertz CT molecular complexity index is 1110. The molecule has 0 bridgehead atoms. The first kappa shape index (κ1) is 21.1. The first-order valence-corrected chi connectivity index (χ1v) is 10.5. The van der Waals surface area contributed by atoms with Crippen molar-refractivity contribution in [1.29, 1.82) is 0 Å². The SMILES string of the molecule is Cc1cccc(C)c1-n1c(SC(C)C(=O)NC(C)(C)C)nc2ccccc2c1=O. The lowest BCUT2D eigenvalue weighted by atomic mass is 10.1. The lowest BCUT2D eigenvalue weighted by Crippen LogP contribution is -2.44. The van der Waals surface area contributed by atoms with Crippen LogP contribution in [0.1, 0.15) is 38.8 Å². The average molecular weight is 410 g/mol. The number of carbonyl (C=O) groups excluding carboxylic acids is 1. The summed E-state index contributed by atoms with van der Waals surface area (Å²) in [7, 11) is 0. The van der Waals surface area contributed by atoms with E-state index >= 15 is 0 Å². The maximum atomic E-state index is 13.4. The van der Waals surface area contributed by atoms with E-state index in [-0.39, 0.29) is 17.0 Å². The lowest BCUT2D eigenvalue weighted by molar-refractivity contribution is -0.121. The highest BCUT2D eigenvalue weighted by atomic mass is 32.2. The van der Waals surface area contributed by atoms with E-state index in [0.717, 1.165) is 16.8 Å². The molecule has 5 nitrogen and oxygen atoms in total. The molecule has 29 heavy (non-hydrogen) atoms. The first-order chi connectivity index (χ1) is 13.6. The van der Waals surface area contributed by atoms with Crippen molar-refractivity contribution in [3.8, 4) is 5.69 Å². The molecule has 3 rings (SSSR count). The van der Waals surface area contributed by atoms with Crippen LogP contribution in [-0.2, 0) is 4.79 Å². The molecule has 0 aliphatic carbocycles. The minimum Gasteiger partial charge on any atom is -0.351 e. The van der Waals surface area contributed by atoms with Crippen LogP contribution in [0.15, 0.2) is 52.4 Å². The molecular weight excluding hydrogens is 382 g/mol. The number of thioether (sulfide) groups is 1. The molecule has 152 valence electrons. The summed E-state index contributed by atoms with van der Waals surface area (Å²) in [5.41, 5.74) is 2.97. The van der Waals surface area contributed by atoms with Crippen LogP contribution in [0.4, 0.5) is 0 Å². The number of aromatic nitrogens is 2. The smallest absolute Gasteiger partial charge is 0.266 e. The summed E-state index contributed by atoms with van der Waals surface area (Å²) in [5, 5.41) is 3.67. The fraction of sp³-hybridized carbons (Fsp3) is 0.348. The number of carbonyl (C=O) groups is 1. The van der Waals surface area contributed by atoms with Gasteiger partial charge < -0.3 is 5.32 Å². The van der Waals surface area contributed by atoms with Crippen molar-refractivity contribution in [3.63, 3.8) is 0 Å². The zero-order chi connectivity index (χ0) is 21.3. The van der Waals surface area contributed by atoms with Gasteiger partial charge in [0.05, 0.1) is 21.8 Å². The zero-order valence-electron chi connectivity index (χ0n) is 17.7. The number of rotatable bonds is 4. The van der Waals surface area contributed by atoms with E-state index in [2.05, 4.69) is 5.32 Å². The summed E-state index contributed by atoms with van der Waals surface area (Å²) >= 11 is 1.30. The second kappa shape index (κ2) is 8.03. The van der Waals surface area contributed by atoms with E-state index in [1.807, 2.05) is 77.9 Å². The van der Waals surface area contributed by atoms with Gasteiger partial charge in [0, 0.05) is 5.54 Å². The van der Waals surface area contributed by atoms with Crippen LogP contribution in [0.25, 0.3) is 16.6 Å². The van der Waals surface area contributed by atoms with Crippen molar-refractivity contribution in [1.82, 2.24) is 14.9 Å². The first-order valence-electron chi connectivity index (χ1n) is 9.65. The van der Waals surface area contributed by atoms with E-state index in [9.17, 15) is 9.59 Å². The molecule has 0 aliphatic rings. The highest BCUT2D eigenvalue weighted by Gasteiger charge is 2.24. The summed E-state index contributed by atoms with van der Waals surface area (Å²) in [6, 6.07) is 13.3. The fourth-order valence-electron chi connectivity index (χ4n) is 3.23. The number of hydrogen-bond donors (Lipinski definition) is 1. The second-order valence-corrected chi connectivity index (χ2v) is 9.60. The predicted octanol–water partition coefficient (Wildman–Crippen LogP) is 4.40. The molecule has 3 aromatic rings. The van der Waals surface area contributed by atoms with E-state index in [0.29, 0.717) is 16.1 Å². The fourth-order valence-corrected chi connectivity index (χ4v) is 4.14. The number of amides is 1. The zero-order valence-corrected chi connectivity index (χ0v) is 18.6. The molecule has 0 fully saturated rings. The van der Waals surface area contributed by atoms with Crippen molar-refractivity contribution >= 4 is 28.6 Å². The summed E-state index contributed by atoms with van der Waals surface area (Å²) in [5.74, 6) is -0.0852. The number of nitrogens with zero attached hydrogens (tertiary/aromatic N) is 2. The summed E-state index contributed by atoms with van der Waals surface area (Å²) < 4.78 is 1.65. The van der Waals surface area contributed by atoms with Gasteiger partial charge in [0.2, 0.25) is 5.91 Å². The maximum Gasteiger partial charge on any atom is 0.266 e. The molecular formula is C23H27N3O2S. The van der Waals surface area contributed by atoms with Gasteiger partial charge in [-0.25, -0.2) is 4.98 Å². The number of benzene rings is 2. The van der Waals surface area contributed by atoms with Gasteiger partial charge in [0.1, 0.15) is 0 Å². The van der Waals surface area contributed by atoms with Gasteiger partial charge in [-0.05, 0) is 64.8 Å². The minimum absolute atomic E-state index is 0.0852. The third-order valence-electron chi connectivity index (χ3n) is 4.56. The van der Waals surface area contributed by atoms with E-state index in [1.54, 1.807) is 10.6 Å². The molecule has 1 aromatic heterocycles. The summed E-state index contributed by atoms with van der Waals surface area (Å²) in [4.78, 5) is 30.8. The number of nitrogens with one attached hydrogen (secondary N) is 1. The normalized spacial score (nSPS) is 12.8. The van der Waals surface area contributed by atoms with Crippen molar-refractivity contribution in [3.05, 3.63) is 63.9 Å². The summed E-state index contributed by atoms with van der Waals surface area (Å²) in [6.07, 6.45) is 0. The Labute approximate surface area is 175 Å². The minimum atomic E-state index is -0.405. The topological polar surface area (TPSA) is 64.0 Å². The Morgan fingerprint density at radius 3 is 2.31 bits per heavy atom. The number of aryl methyl sites for hydroxylation is 2. The Morgan fingerprint density at radius 1 is 1.07 bits per heavy atom. The number of para-hydroxylation sites is 2. The molecule has 6 heteroatoms. The third kappa shape index (κ3) is 4.53. The van der Waals surface area contributed by atoms with Crippen LogP contribution in [0.5, 0.6) is 0 Å². The average Bonchev–Trinajstić information content (AvgIpc) is 2.62. The molecule has 0 radical (unpaired) electrons. The molecule has 1 atom stereocenters. The van der Waals surface area contributed by atoms with Crippen LogP contribution >= 0.6 is 11.8 Å². The molecule has 0 spiro atoms. The van der Waals surface area contributed by atoms with Crippen LogP contribution in [-0.4, -0.2) is 26.2 Å². The van der Waals surface area contributed by atoms with Crippen LogP contribution in [0.3, 0.4) is 0 Å². The molecule has 2 aromatic carbocycles. The van der Waals surface area contributed by atoms with Crippen molar-refractivity contribution in [2.24, 2.45) is 0 Å². The molecule has 0 saturated heterocycles. The van der Waals surface area contributed by atoms with Gasteiger partial charge in [-0.1, -0.05) is 42.1 Å². The molecule has 1 unspecified atom stereocenters. The van der Waals surface area contributed by atoms with Gasteiger partial charge >= 0.3 is 0 Å². The number of fused-ring (bicyclic) bond motifs is 1. The highest BCUT2D eigenvalue weighted by molar-refractivity contribution is 8.00. The Hall–Kier alpha value is -2.60. The van der Waals surface area contributed by atoms with E-state index in [4.69, 9.17) is 4.98 Å². The molecule has 1 N–H and O–H groups in total.